The fraction of sp³-hybridized carbons (Fsp3) is 0.0500. The maximum atomic E-state index is 12.6. The summed E-state index contributed by atoms with van der Waals surface area (Å²) in [6.07, 6.45) is 1.57. The Hall–Kier alpha value is -2.72. The van der Waals surface area contributed by atoms with E-state index in [9.17, 15) is 5.21 Å². The number of benzene rings is 3. The second-order valence-electron chi connectivity index (χ2n) is 5.11. The molecular weight excluding hydrogens is 318 g/mol. The van der Waals surface area contributed by atoms with E-state index < -0.39 is 0 Å². The predicted molar refractivity (Wildman–Crippen MR) is 98.5 cm³/mol. The summed E-state index contributed by atoms with van der Waals surface area (Å²) in [6, 6.07) is 25.0. The van der Waals surface area contributed by atoms with Crippen LogP contribution in [0, 0.1) is 5.21 Å². The molecule has 0 bridgehead atoms. The van der Waals surface area contributed by atoms with E-state index in [0.717, 1.165) is 25.8 Å². The van der Waals surface area contributed by atoms with Crippen LogP contribution in [-0.4, -0.2) is 18.1 Å². The second-order valence-corrected chi connectivity index (χ2v) is 6.23. The van der Waals surface area contributed by atoms with Gasteiger partial charge in [0.2, 0.25) is 5.69 Å². The molecule has 0 unspecified atom stereocenters. The van der Waals surface area contributed by atoms with Crippen LogP contribution in [0.2, 0.25) is 0 Å². The summed E-state index contributed by atoms with van der Waals surface area (Å²) in [6.45, 7) is 0. The molecule has 0 aliphatic rings. The largest absolute Gasteiger partial charge is 0.618 e. The lowest BCUT2D eigenvalue weighted by Crippen LogP contribution is -2.00. The molecule has 0 aliphatic carbocycles. The van der Waals surface area contributed by atoms with E-state index in [1.165, 1.54) is 0 Å². The van der Waals surface area contributed by atoms with Gasteiger partial charge < -0.3 is 9.94 Å². The van der Waals surface area contributed by atoms with Gasteiger partial charge in [-0.1, -0.05) is 42.1 Å². The molecule has 0 aromatic heterocycles. The summed E-state index contributed by atoms with van der Waals surface area (Å²) in [5.41, 5.74) is 1.45. The summed E-state index contributed by atoms with van der Waals surface area (Å²) in [7, 11) is 1.62. The van der Waals surface area contributed by atoms with Crippen molar-refractivity contribution in [3.63, 3.8) is 0 Å². The standard InChI is InChI=1S/C20H17NO2S/c1-23-17-13-11-16(12-14-17)15-21(22)19-9-5-6-10-20(19)24-18-7-3-2-4-8-18/h2-15H,1H3. The van der Waals surface area contributed by atoms with E-state index in [2.05, 4.69) is 0 Å². The fourth-order valence-corrected chi connectivity index (χ4v) is 3.19. The fourth-order valence-electron chi connectivity index (χ4n) is 2.24. The highest BCUT2D eigenvalue weighted by Gasteiger charge is 2.11. The monoisotopic (exact) mass is 335 g/mol. The van der Waals surface area contributed by atoms with E-state index in [4.69, 9.17) is 4.74 Å². The Morgan fingerprint density at radius 2 is 1.54 bits per heavy atom. The average Bonchev–Trinajstić information content (AvgIpc) is 2.63. The highest BCUT2D eigenvalue weighted by molar-refractivity contribution is 7.99. The molecule has 0 saturated carbocycles. The van der Waals surface area contributed by atoms with Crippen LogP contribution in [0.1, 0.15) is 5.56 Å². The van der Waals surface area contributed by atoms with Crippen LogP contribution in [0.5, 0.6) is 5.75 Å². The Morgan fingerprint density at radius 1 is 0.875 bits per heavy atom. The second kappa shape index (κ2) is 7.70. The van der Waals surface area contributed by atoms with Gasteiger partial charge in [0.05, 0.1) is 12.0 Å². The average molecular weight is 335 g/mol. The van der Waals surface area contributed by atoms with Crippen molar-refractivity contribution in [3.05, 3.63) is 89.6 Å². The van der Waals surface area contributed by atoms with E-state index in [-0.39, 0.29) is 0 Å². The van der Waals surface area contributed by atoms with Gasteiger partial charge in [0.15, 0.2) is 6.21 Å². The topological polar surface area (TPSA) is 35.3 Å². The van der Waals surface area contributed by atoms with Crippen molar-refractivity contribution in [2.24, 2.45) is 0 Å². The lowest BCUT2D eigenvalue weighted by molar-refractivity contribution is -0.357. The van der Waals surface area contributed by atoms with Gasteiger partial charge >= 0.3 is 0 Å². The van der Waals surface area contributed by atoms with Crippen molar-refractivity contribution in [3.8, 4) is 5.75 Å². The lowest BCUT2D eigenvalue weighted by Gasteiger charge is -2.08. The SMILES string of the molecule is COc1ccc(C=[N+]([O-])c2ccccc2Sc2ccccc2)cc1. The first-order valence-corrected chi connectivity index (χ1v) is 8.35. The number of para-hydroxylation sites is 1. The van der Waals surface area contributed by atoms with Gasteiger partial charge in [-0.05, 0) is 42.5 Å². The normalized spacial score (nSPS) is 11.3. The van der Waals surface area contributed by atoms with Crippen LogP contribution in [0.4, 0.5) is 5.69 Å². The molecule has 120 valence electrons. The zero-order valence-corrected chi connectivity index (χ0v) is 14.1. The first kappa shape index (κ1) is 16.1. The van der Waals surface area contributed by atoms with E-state index in [1.807, 2.05) is 78.9 Å². The van der Waals surface area contributed by atoms with Crippen LogP contribution in [0.15, 0.2) is 88.7 Å². The lowest BCUT2D eigenvalue weighted by atomic mass is 10.2. The Labute approximate surface area is 145 Å². The maximum absolute atomic E-state index is 12.6. The first-order chi connectivity index (χ1) is 11.8. The highest BCUT2D eigenvalue weighted by atomic mass is 32.2. The number of hydrogen-bond acceptors (Lipinski definition) is 3. The number of nitrogens with zero attached hydrogens (tertiary/aromatic N) is 1. The van der Waals surface area contributed by atoms with Gasteiger partial charge in [-0.3, -0.25) is 0 Å². The van der Waals surface area contributed by atoms with Gasteiger partial charge in [-0.25, -0.2) is 0 Å². The van der Waals surface area contributed by atoms with E-state index in [0.29, 0.717) is 5.69 Å². The number of ether oxygens (including phenoxy) is 1. The summed E-state index contributed by atoms with van der Waals surface area (Å²) in [4.78, 5) is 2.02. The molecule has 24 heavy (non-hydrogen) atoms. The van der Waals surface area contributed by atoms with Crippen molar-refractivity contribution in [1.82, 2.24) is 0 Å². The van der Waals surface area contributed by atoms with Crippen LogP contribution in [0.25, 0.3) is 0 Å². The molecule has 0 radical (unpaired) electrons. The minimum atomic E-state index is 0.627. The van der Waals surface area contributed by atoms with Gasteiger partial charge in [0.25, 0.3) is 0 Å². The highest BCUT2D eigenvalue weighted by Crippen LogP contribution is 2.34. The molecule has 4 heteroatoms. The molecule has 0 heterocycles. The molecule has 0 saturated heterocycles. The minimum absolute atomic E-state index is 0.627. The maximum Gasteiger partial charge on any atom is 0.230 e. The summed E-state index contributed by atoms with van der Waals surface area (Å²) in [5.74, 6) is 0.768. The molecule has 0 N–H and O–H groups in total. The van der Waals surface area contributed by atoms with E-state index >= 15 is 0 Å². The van der Waals surface area contributed by atoms with Crippen LogP contribution < -0.4 is 4.74 Å². The third-order valence-electron chi connectivity index (χ3n) is 3.46. The zero-order valence-electron chi connectivity index (χ0n) is 13.3. The van der Waals surface area contributed by atoms with Crippen molar-refractivity contribution in [1.29, 1.82) is 0 Å². The number of hydrogen-bond donors (Lipinski definition) is 0. The van der Waals surface area contributed by atoms with Crippen LogP contribution >= 0.6 is 11.8 Å². The van der Waals surface area contributed by atoms with Gasteiger partial charge in [-0.15, -0.1) is 0 Å². The van der Waals surface area contributed by atoms with Crippen molar-refractivity contribution >= 4 is 23.7 Å². The summed E-state index contributed by atoms with van der Waals surface area (Å²) in [5, 5.41) is 12.6. The molecular formula is C20H17NO2S. The van der Waals surface area contributed by atoms with Gasteiger partial charge in [0, 0.05) is 16.5 Å². The Balaban J connectivity index is 1.89. The smallest absolute Gasteiger partial charge is 0.230 e. The summed E-state index contributed by atoms with van der Waals surface area (Å²) < 4.78 is 6.05. The Bertz CT molecular complexity index is 830. The minimum Gasteiger partial charge on any atom is -0.618 e. The van der Waals surface area contributed by atoms with Crippen molar-refractivity contribution in [2.75, 3.05) is 7.11 Å². The number of rotatable bonds is 5. The molecule has 0 atom stereocenters. The predicted octanol–water partition coefficient (Wildman–Crippen LogP) is 5.11. The zero-order chi connectivity index (χ0) is 16.8. The van der Waals surface area contributed by atoms with E-state index in [1.54, 1.807) is 25.1 Å². The molecule has 0 amide bonds. The Kier molecular flexibility index (Phi) is 5.18. The Morgan fingerprint density at radius 3 is 2.25 bits per heavy atom. The molecule has 3 aromatic carbocycles. The van der Waals surface area contributed by atoms with Gasteiger partial charge in [-0.2, -0.15) is 4.74 Å². The summed E-state index contributed by atoms with van der Waals surface area (Å²) >= 11 is 1.58. The molecule has 3 nitrogen and oxygen atoms in total. The van der Waals surface area contributed by atoms with Crippen molar-refractivity contribution < 1.29 is 9.48 Å². The third-order valence-corrected chi connectivity index (χ3v) is 4.53. The quantitative estimate of drug-likeness (QED) is 0.281. The van der Waals surface area contributed by atoms with Gasteiger partial charge in [0.1, 0.15) is 5.75 Å². The van der Waals surface area contributed by atoms with Crippen LogP contribution in [-0.2, 0) is 0 Å². The first-order valence-electron chi connectivity index (χ1n) is 7.53. The molecule has 3 rings (SSSR count). The third kappa shape index (κ3) is 3.97. The molecule has 0 fully saturated rings. The van der Waals surface area contributed by atoms with Crippen LogP contribution in [0.3, 0.4) is 0 Å². The molecule has 3 aromatic rings. The number of methoxy groups -OCH3 is 1. The molecule has 0 spiro atoms. The molecule has 0 aliphatic heterocycles. The van der Waals surface area contributed by atoms with Crippen molar-refractivity contribution in [2.45, 2.75) is 9.79 Å².